The van der Waals surface area contributed by atoms with Gasteiger partial charge >= 0.3 is 0 Å². The van der Waals surface area contributed by atoms with Crippen molar-refractivity contribution in [1.29, 1.82) is 0 Å². The largest absolute Gasteiger partial charge is 0.0985 e. The molecule has 1 aliphatic rings. The quantitative estimate of drug-likeness (QED) is 0.618. The van der Waals surface area contributed by atoms with E-state index in [4.69, 9.17) is 0 Å². The number of benzene rings is 2. The molecule has 0 heteroatoms. The average Bonchev–Trinajstić information content (AvgIpc) is 2.56. The van der Waals surface area contributed by atoms with Gasteiger partial charge in [0.2, 0.25) is 0 Å². The molecule has 1 aliphatic carbocycles. The monoisotopic (exact) mass is 276 g/mol. The summed E-state index contributed by atoms with van der Waals surface area (Å²) in [5.74, 6) is 1.70. The van der Waals surface area contributed by atoms with Gasteiger partial charge in [0.15, 0.2) is 0 Å². The Morgan fingerprint density at radius 2 is 1.33 bits per heavy atom. The number of rotatable bonds is 3. The topological polar surface area (TPSA) is 0 Å². The highest BCUT2D eigenvalue weighted by molar-refractivity contribution is 5.65. The van der Waals surface area contributed by atoms with Gasteiger partial charge in [-0.1, -0.05) is 81.0 Å². The van der Waals surface area contributed by atoms with Crippen LogP contribution in [0.5, 0.6) is 0 Å². The van der Waals surface area contributed by atoms with Gasteiger partial charge in [0.1, 0.15) is 0 Å². The molecule has 0 aromatic heterocycles. The lowest BCUT2D eigenvalue weighted by molar-refractivity contribution is 0.348. The lowest BCUT2D eigenvalue weighted by Crippen LogP contribution is -2.10. The van der Waals surface area contributed by atoms with E-state index in [9.17, 15) is 0 Å². The molecule has 0 aliphatic heterocycles. The SMILES string of the molecule is C=Cc1ccc(-c2ccc(C3CCC(C)CC3)cc2)cc1. The van der Waals surface area contributed by atoms with Crippen molar-refractivity contribution in [3.63, 3.8) is 0 Å². The molecule has 0 saturated heterocycles. The third-order valence-electron chi connectivity index (χ3n) is 4.88. The summed E-state index contributed by atoms with van der Waals surface area (Å²) in [7, 11) is 0. The fourth-order valence-electron chi connectivity index (χ4n) is 3.35. The van der Waals surface area contributed by atoms with Crippen LogP contribution in [0.3, 0.4) is 0 Å². The summed E-state index contributed by atoms with van der Waals surface area (Å²) >= 11 is 0. The van der Waals surface area contributed by atoms with Gasteiger partial charge in [-0.05, 0) is 46.9 Å². The highest BCUT2D eigenvalue weighted by Crippen LogP contribution is 2.36. The summed E-state index contributed by atoms with van der Waals surface area (Å²) < 4.78 is 0. The van der Waals surface area contributed by atoms with Gasteiger partial charge < -0.3 is 0 Å². The highest BCUT2D eigenvalue weighted by atomic mass is 14.2. The van der Waals surface area contributed by atoms with Crippen molar-refractivity contribution in [2.75, 3.05) is 0 Å². The van der Waals surface area contributed by atoms with Crippen LogP contribution in [0.25, 0.3) is 17.2 Å². The summed E-state index contributed by atoms with van der Waals surface area (Å²) in [6.45, 7) is 6.18. The molecule has 0 bridgehead atoms. The Bertz CT molecular complexity index is 581. The lowest BCUT2D eigenvalue weighted by atomic mass is 9.79. The maximum atomic E-state index is 3.80. The van der Waals surface area contributed by atoms with Crippen LogP contribution in [0.4, 0.5) is 0 Å². The van der Waals surface area contributed by atoms with Crippen molar-refractivity contribution >= 4 is 6.08 Å². The predicted molar refractivity (Wildman–Crippen MR) is 92.3 cm³/mol. The zero-order valence-corrected chi connectivity index (χ0v) is 12.9. The molecule has 3 rings (SSSR count). The molecule has 108 valence electrons. The standard InChI is InChI=1S/C21H24/c1-3-17-6-10-19(11-7-17)21-14-12-20(13-15-21)18-8-4-16(2)5-9-18/h3,6-7,10-16,18H,1,4-5,8-9H2,2H3. The maximum absolute atomic E-state index is 3.80. The van der Waals surface area contributed by atoms with Crippen LogP contribution in [-0.4, -0.2) is 0 Å². The molecule has 0 heterocycles. The van der Waals surface area contributed by atoms with Gasteiger partial charge in [-0.15, -0.1) is 0 Å². The van der Waals surface area contributed by atoms with E-state index in [1.165, 1.54) is 47.9 Å². The average molecular weight is 276 g/mol. The van der Waals surface area contributed by atoms with Crippen LogP contribution in [0.15, 0.2) is 55.1 Å². The Labute approximate surface area is 128 Å². The van der Waals surface area contributed by atoms with Crippen LogP contribution < -0.4 is 0 Å². The van der Waals surface area contributed by atoms with Crippen molar-refractivity contribution in [3.8, 4) is 11.1 Å². The first-order chi connectivity index (χ1) is 10.3. The summed E-state index contributed by atoms with van der Waals surface area (Å²) in [6, 6.07) is 17.8. The minimum atomic E-state index is 0.776. The molecule has 0 unspecified atom stereocenters. The molecule has 2 aromatic rings. The Morgan fingerprint density at radius 1 is 0.810 bits per heavy atom. The summed E-state index contributed by atoms with van der Waals surface area (Å²) in [5, 5.41) is 0. The molecule has 0 spiro atoms. The van der Waals surface area contributed by atoms with Gasteiger partial charge in [0, 0.05) is 0 Å². The smallest absolute Gasteiger partial charge is 0.0162 e. The molecule has 0 nitrogen and oxygen atoms in total. The molecular formula is C21H24. The Hall–Kier alpha value is -1.82. The summed E-state index contributed by atoms with van der Waals surface area (Å²) in [5.41, 5.74) is 5.28. The predicted octanol–water partition coefficient (Wildman–Crippen LogP) is 6.29. The van der Waals surface area contributed by atoms with Crippen molar-refractivity contribution < 1.29 is 0 Å². The Morgan fingerprint density at radius 3 is 1.86 bits per heavy atom. The zero-order chi connectivity index (χ0) is 14.7. The molecule has 0 radical (unpaired) electrons. The van der Waals surface area contributed by atoms with Gasteiger partial charge in [0.25, 0.3) is 0 Å². The van der Waals surface area contributed by atoms with E-state index in [-0.39, 0.29) is 0 Å². The van der Waals surface area contributed by atoms with Crippen LogP contribution in [0.1, 0.15) is 49.7 Å². The fourth-order valence-corrected chi connectivity index (χ4v) is 3.35. The molecule has 0 N–H and O–H groups in total. The minimum Gasteiger partial charge on any atom is -0.0985 e. The van der Waals surface area contributed by atoms with E-state index in [0.717, 1.165) is 11.8 Å². The summed E-state index contributed by atoms with van der Waals surface area (Å²) in [4.78, 5) is 0. The van der Waals surface area contributed by atoms with E-state index in [2.05, 4.69) is 62.0 Å². The highest BCUT2D eigenvalue weighted by Gasteiger charge is 2.19. The molecule has 1 fully saturated rings. The van der Waals surface area contributed by atoms with E-state index >= 15 is 0 Å². The third kappa shape index (κ3) is 3.26. The zero-order valence-electron chi connectivity index (χ0n) is 12.9. The van der Waals surface area contributed by atoms with Gasteiger partial charge in [0.05, 0.1) is 0 Å². The van der Waals surface area contributed by atoms with E-state index < -0.39 is 0 Å². The normalized spacial score (nSPS) is 22.0. The second-order valence-corrected chi connectivity index (χ2v) is 6.40. The van der Waals surface area contributed by atoms with Crippen LogP contribution >= 0.6 is 0 Å². The molecule has 0 atom stereocenters. The first-order valence-electron chi connectivity index (χ1n) is 8.09. The van der Waals surface area contributed by atoms with E-state index in [0.29, 0.717) is 0 Å². The van der Waals surface area contributed by atoms with Crippen LogP contribution in [-0.2, 0) is 0 Å². The molecule has 2 aromatic carbocycles. The first-order valence-corrected chi connectivity index (χ1v) is 8.09. The second-order valence-electron chi connectivity index (χ2n) is 6.40. The third-order valence-corrected chi connectivity index (χ3v) is 4.88. The van der Waals surface area contributed by atoms with E-state index in [1.54, 1.807) is 0 Å². The van der Waals surface area contributed by atoms with Gasteiger partial charge in [-0.2, -0.15) is 0 Å². The number of hydrogen-bond acceptors (Lipinski definition) is 0. The first kappa shape index (κ1) is 14.1. The lowest BCUT2D eigenvalue weighted by Gasteiger charge is -2.26. The molecule has 21 heavy (non-hydrogen) atoms. The number of hydrogen-bond donors (Lipinski definition) is 0. The van der Waals surface area contributed by atoms with Gasteiger partial charge in [-0.3, -0.25) is 0 Å². The maximum Gasteiger partial charge on any atom is -0.0162 e. The fraction of sp³-hybridized carbons (Fsp3) is 0.333. The Kier molecular flexibility index (Phi) is 4.24. The van der Waals surface area contributed by atoms with Crippen molar-refractivity contribution in [1.82, 2.24) is 0 Å². The molecule has 1 saturated carbocycles. The van der Waals surface area contributed by atoms with Crippen LogP contribution in [0, 0.1) is 5.92 Å². The van der Waals surface area contributed by atoms with E-state index in [1.807, 2.05) is 6.08 Å². The van der Waals surface area contributed by atoms with Crippen LogP contribution in [0.2, 0.25) is 0 Å². The van der Waals surface area contributed by atoms with Crippen molar-refractivity contribution in [3.05, 3.63) is 66.2 Å². The minimum absolute atomic E-state index is 0.776. The van der Waals surface area contributed by atoms with Crippen molar-refractivity contribution in [2.45, 2.75) is 38.5 Å². The molecular weight excluding hydrogens is 252 g/mol. The van der Waals surface area contributed by atoms with Crippen molar-refractivity contribution in [2.24, 2.45) is 5.92 Å². The Balaban J connectivity index is 1.75. The second kappa shape index (κ2) is 6.30. The molecule has 0 amide bonds. The van der Waals surface area contributed by atoms with Gasteiger partial charge in [-0.25, -0.2) is 0 Å². The summed E-state index contributed by atoms with van der Waals surface area (Å²) in [6.07, 6.45) is 7.37.